The molecule has 0 unspecified atom stereocenters. The van der Waals surface area contributed by atoms with Crippen LogP contribution in [0.2, 0.25) is 10.0 Å². The first-order valence-electron chi connectivity index (χ1n) is 11.3. The van der Waals surface area contributed by atoms with Gasteiger partial charge in [0.1, 0.15) is 17.4 Å². The normalized spacial score (nSPS) is 13.9. The van der Waals surface area contributed by atoms with Gasteiger partial charge in [-0.3, -0.25) is 9.59 Å². The number of carbonyl (C=O) groups excluding carboxylic acids is 2. The molecule has 1 saturated carbocycles. The molecule has 0 atom stereocenters. The molecule has 1 aliphatic rings. The molecule has 0 spiro atoms. The number of carbonyl (C=O) groups is 2. The molecule has 0 heterocycles. The SMILES string of the molecule is O=C(Cc1ccc(Cl)cc1Cl)Oc1ccc(-c2ccc(F)cc2F)cc1C(=O)NC1CCCCC1. The summed E-state index contributed by atoms with van der Waals surface area (Å²) in [5, 5.41) is 3.76. The Balaban J connectivity index is 1.62. The maximum atomic E-state index is 14.4. The minimum absolute atomic E-state index is 0.0129. The van der Waals surface area contributed by atoms with Gasteiger partial charge < -0.3 is 10.1 Å². The summed E-state index contributed by atoms with van der Waals surface area (Å²) in [7, 11) is 0. The molecule has 35 heavy (non-hydrogen) atoms. The minimum atomic E-state index is -0.759. The maximum Gasteiger partial charge on any atom is 0.315 e. The van der Waals surface area contributed by atoms with E-state index < -0.39 is 23.5 Å². The number of halogens is 4. The van der Waals surface area contributed by atoms with Crippen molar-refractivity contribution in [2.45, 2.75) is 44.6 Å². The van der Waals surface area contributed by atoms with E-state index in [-0.39, 0.29) is 29.3 Å². The highest BCUT2D eigenvalue weighted by molar-refractivity contribution is 6.35. The molecule has 3 aromatic rings. The van der Waals surface area contributed by atoms with Crippen molar-refractivity contribution in [1.82, 2.24) is 5.32 Å². The first kappa shape index (κ1) is 25.1. The van der Waals surface area contributed by atoms with Crippen LogP contribution >= 0.6 is 23.2 Å². The molecule has 8 heteroatoms. The Morgan fingerprint density at radius 3 is 2.43 bits per heavy atom. The molecule has 1 aliphatic carbocycles. The summed E-state index contributed by atoms with van der Waals surface area (Å²) in [4.78, 5) is 25.9. The van der Waals surface area contributed by atoms with Gasteiger partial charge in [0.2, 0.25) is 0 Å². The zero-order valence-corrected chi connectivity index (χ0v) is 20.3. The van der Waals surface area contributed by atoms with E-state index in [4.69, 9.17) is 27.9 Å². The molecule has 1 amide bonds. The molecule has 0 bridgehead atoms. The number of amides is 1. The van der Waals surface area contributed by atoms with Gasteiger partial charge >= 0.3 is 5.97 Å². The predicted octanol–water partition coefficient (Wildman–Crippen LogP) is 7.15. The Morgan fingerprint density at radius 1 is 0.943 bits per heavy atom. The van der Waals surface area contributed by atoms with Crippen LogP contribution in [0.25, 0.3) is 11.1 Å². The predicted molar refractivity (Wildman–Crippen MR) is 132 cm³/mol. The van der Waals surface area contributed by atoms with Gasteiger partial charge in [0.25, 0.3) is 5.91 Å². The van der Waals surface area contributed by atoms with Crippen LogP contribution in [-0.4, -0.2) is 17.9 Å². The summed E-state index contributed by atoms with van der Waals surface area (Å²) >= 11 is 12.1. The van der Waals surface area contributed by atoms with Crippen molar-refractivity contribution in [3.05, 3.63) is 87.4 Å². The Bertz CT molecular complexity index is 1260. The van der Waals surface area contributed by atoms with Crippen LogP contribution < -0.4 is 10.1 Å². The van der Waals surface area contributed by atoms with E-state index in [0.29, 0.717) is 21.2 Å². The summed E-state index contributed by atoms with van der Waals surface area (Å²) in [6.07, 6.45) is 4.77. The molecule has 0 aliphatic heterocycles. The van der Waals surface area contributed by atoms with Gasteiger partial charge in [0, 0.05) is 27.7 Å². The van der Waals surface area contributed by atoms with Crippen LogP contribution in [0.1, 0.15) is 48.0 Å². The summed E-state index contributed by atoms with van der Waals surface area (Å²) in [5.41, 5.74) is 1.10. The molecule has 4 nitrogen and oxygen atoms in total. The van der Waals surface area contributed by atoms with Crippen LogP contribution in [0, 0.1) is 11.6 Å². The van der Waals surface area contributed by atoms with Gasteiger partial charge in [-0.2, -0.15) is 0 Å². The Hall–Kier alpha value is -2.96. The molecule has 3 aromatic carbocycles. The maximum absolute atomic E-state index is 14.4. The standard InChI is InChI=1S/C27H23Cl2F2NO3/c28-18-8-6-17(23(29)14-18)13-26(33)35-25-11-7-16(21-10-9-19(30)15-24(21)31)12-22(25)27(34)32-20-4-2-1-3-5-20/h6-12,14-15,20H,1-5,13H2,(H,32,34). The third kappa shape index (κ3) is 6.38. The highest BCUT2D eigenvalue weighted by atomic mass is 35.5. The lowest BCUT2D eigenvalue weighted by Gasteiger charge is -2.23. The van der Waals surface area contributed by atoms with Gasteiger partial charge in [-0.15, -0.1) is 0 Å². The average molecular weight is 518 g/mol. The Labute approximate surface area is 212 Å². The number of hydrogen-bond acceptors (Lipinski definition) is 3. The highest BCUT2D eigenvalue weighted by Crippen LogP contribution is 2.30. The molecule has 0 aromatic heterocycles. The minimum Gasteiger partial charge on any atom is -0.425 e. The number of nitrogens with one attached hydrogen (secondary N) is 1. The van der Waals surface area contributed by atoms with Gasteiger partial charge in [-0.05, 0) is 60.4 Å². The third-order valence-electron chi connectivity index (χ3n) is 5.98. The molecule has 0 radical (unpaired) electrons. The second-order valence-corrected chi connectivity index (χ2v) is 9.37. The summed E-state index contributed by atoms with van der Waals surface area (Å²) in [6, 6.07) is 12.4. The van der Waals surface area contributed by atoms with Crippen molar-refractivity contribution in [2.75, 3.05) is 0 Å². The van der Waals surface area contributed by atoms with Gasteiger partial charge in [-0.25, -0.2) is 8.78 Å². The van der Waals surface area contributed by atoms with Crippen LogP contribution in [0.3, 0.4) is 0 Å². The van der Waals surface area contributed by atoms with Crippen LogP contribution in [0.4, 0.5) is 8.78 Å². The van der Waals surface area contributed by atoms with Crippen molar-refractivity contribution in [3.63, 3.8) is 0 Å². The monoisotopic (exact) mass is 517 g/mol. The van der Waals surface area contributed by atoms with Gasteiger partial charge in [0.05, 0.1) is 12.0 Å². The second-order valence-electron chi connectivity index (χ2n) is 8.53. The van der Waals surface area contributed by atoms with Gasteiger partial charge in [0.15, 0.2) is 0 Å². The average Bonchev–Trinajstić information content (AvgIpc) is 2.82. The van der Waals surface area contributed by atoms with E-state index in [1.54, 1.807) is 12.1 Å². The fourth-order valence-electron chi connectivity index (χ4n) is 4.18. The Kier molecular flexibility index (Phi) is 8.04. The van der Waals surface area contributed by atoms with E-state index in [9.17, 15) is 18.4 Å². The molecular formula is C27H23Cl2F2NO3. The van der Waals surface area contributed by atoms with E-state index in [1.165, 1.54) is 30.3 Å². The number of rotatable bonds is 6. The van der Waals surface area contributed by atoms with Crippen molar-refractivity contribution >= 4 is 35.1 Å². The summed E-state index contributed by atoms with van der Waals surface area (Å²) < 4.78 is 33.3. The van der Waals surface area contributed by atoms with E-state index in [0.717, 1.165) is 44.2 Å². The lowest BCUT2D eigenvalue weighted by molar-refractivity contribution is -0.133. The zero-order valence-electron chi connectivity index (χ0n) is 18.8. The highest BCUT2D eigenvalue weighted by Gasteiger charge is 2.22. The van der Waals surface area contributed by atoms with Crippen LogP contribution in [-0.2, 0) is 11.2 Å². The smallest absolute Gasteiger partial charge is 0.315 e. The summed E-state index contributed by atoms with van der Waals surface area (Å²) in [6.45, 7) is 0. The van der Waals surface area contributed by atoms with Crippen molar-refractivity contribution in [2.24, 2.45) is 0 Å². The number of esters is 1. The van der Waals surface area contributed by atoms with Crippen molar-refractivity contribution < 1.29 is 23.1 Å². The van der Waals surface area contributed by atoms with Gasteiger partial charge in [-0.1, -0.05) is 54.6 Å². The molecule has 0 saturated heterocycles. The fourth-order valence-corrected chi connectivity index (χ4v) is 4.65. The lowest BCUT2D eigenvalue weighted by atomic mass is 9.95. The number of hydrogen-bond donors (Lipinski definition) is 1. The quantitative estimate of drug-likeness (QED) is 0.279. The second kappa shape index (κ2) is 11.2. The van der Waals surface area contributed by atoms with E-state index in [1.807, 2.05) is 0 Å². The molecule has 1 fully saturated rings. The molecular weight excluding hydrogens is 495 g/mol. The first-order chi connectivity index (χ1) is 16.8. The van der Waals surface area contributed by atoms with E-state index in [2.05, 4.69) is 5.32 Å². The topological polar surface area (TPSA) is 55.4 Å². The first-order valence-corrected chi connectivity index (χ1v) is 12.1. The number of benzene rings is 3. The largest absolute Gasteiger partial charge is 0.425 e. The fraction of sp³-hybridized carbons (Fsp3) is 0.259. The number of ether oxygens (including phenoxy) is 1. The third-order valence-corrected chi connectivity index (χ3v) is 6.57. The van der Waals surface area contributed by atoms with E-state index >= 15 is 0 Å². The van der Waals surface area contributed by atoms with Crippen LogP contribution in [0.5, 0.6) is 5.75 Å². The molecule has 1 N–H and O–H groups in total. The lowest BCUT2D eigenvalue weighted by Crippen LogP contribution is -2.36. The van der Waals surface area contributed by atoms with Crippen molar-refractivity contribution in [1.29, 1.82) is 0 Å². The van der Waals surface area contributed by atoms with Crippen molar-refractivity contribution in [3.8, 4) is 16.9 Å². The molecule has 4 rings (SSSR count). The Morgan fingerprint density at radius 2 is 1.71 bits per heavy atom. The van der Waals surface area contributed by atoms with Crippen LogP contribution in [0.15, 0.2) is 54.6 Å². The molecule has 182 valence electrons. The summed E-state index contributed by atoms with van der Waals surface area (Å²) in [5.74, 6) is -2.46. The zero-order chi connectivity index (χ0) is 24.9.